The van der Waals surface area contributed by atoms with E-state index in [2.05, 4.69) is 15.6 Å². The zero-order valence-electron chi connectivity index (χ0n) is 11.2. The van der Waals surface area contributed by atoms with Gasteiger partial charge in [-0.05, 0) is 32.4 Å². The molecule has 0 saturated heterocycles. The van der Waals surface area contributed by atoms with Gasteiger partial charge in [-0.3, -0.25) is 0 Å². The van der Waals surface area contributed by atoms with E-state index < -0.39 is 0 Å². The van der Waals surface area contributed by atoms with E-state index in [1.807, 2.05) is 26.0 Å². The second-order valence-corrected chi connectivity index (χ2v) is 3.75. The number of hydrogen-bond donors (Lipinski definition) is 2. The van der Waals surface area contributed by atoms with Crippen LogP contribution in [0.15, 0.2) is 27.8 Å². The van der Waals surface area contributed by atoms with E-state index in [4.69, 9.17) is 9.15 Å². The number of nitrogens with one attached hydrogen (secondary N) is 2. The minimum atomic E-state index is 0.549. The van der Waals surface area contributed by atoms with Crippen LogP contribution in [0.2, 0.25) is 0 Å². The van der Waals surface area contributed by atoms with E-state index in [1.165, 1.54) is 0 Å². The molecule has 0 aromatic carbocycles. The van der Waals surface area contributed by atoms with Crippen LogP contribution in [0.5, 0.6) is 0 Å². The van der Waals surface area contributed by atoms with Crippen molar-refractivity contribution in [3.63, 3.8) is 0 Å². The van der Waals surface area contributed by atoms with Crippen LogP contribution in [0.3, 0.4) is 0 Å². The molecule has 0 aliphatic heterocycles. The molecule has 0 bridgehead atoms. The van der Waals surface area contributed by atoms with Crippen LogP contribution in [-0.4, -0.2) is 32.3 Å². The lowest BCUT2D eigenvalue weighted by atomic mass is 10.4. The van der Waals surface area contributed by atoms with Crippen LogP contribution in [0.25, 0.3) is 0 Å². The monoisotopic (exact) mass is 253 g/mol. The first-order valence-corrected chi connectivity index (χ1v) is 6.49. The molecule has 2 N–H and O–H groups in total. The lowest BCUT2D eigenvalue weighted by Gasteiger charge is -2.10. The Balaban J connectivity index is 2.27. The lowest BCUT2D eigenvalue weighted by Crippen LogP contribution is -2.38. The van der Waals surface area contributed by atoms with Crippen LogP contribution in [-0.2, 0) is 11.3 Å². The Morgan fingerprint density at radius 1 is 1.39 bits per heavy atom. The number of furan rings is 1. The van der Waals surface area contributed by atoms with E-state index in [9.17, 15) is 0 Å². The maximum atomic E-state index is 5.28. The van der Waals surface area contributed by atoms with Gasteiger partial charge in [0, 0.05) is 26.3 Å². The molecule has 0 saturated carbocycles. The van der Waals surface area contributed by atoms with Crippen molar-refractivity contribution in [2.75, 3.05) is 26.3 Å². The largest absolute Gasteiger partial charge is 0.467 e. The van der Waals surface area contributed by atoms with Gasteiger partial charge in [0.2, 0.25) is 0 Å². The second-order valence-electron chi connectivity index (χ2n) is 3.75. The van der Waals surface area contributed by atoms with Gasteiger partial charge in [-0.2, -0.15) is 0 Å². The summed E-state index contributed by atoms with van der Waals surface area (Å²) in [6.45, 7) is 7.84. The number of nitrogens with zero attached hydrogens (tertiary/aromatic N) is 1. The van der Waals surface area contributed by atoms with Crippen molar-refractivity contribution in [2.24, 2.45) is 4.99 Å². The summed E-state index contributed by atoms with van der Waals surface area (Å²) in [7, 11) is 0. The summed E-state index contributed by atoms with van der Waals surface area (Å²) in [5.74, 6) is 1.67. The molecule has 5 heteroatoms. The van der Waals surface area contributed by atoms with Gasteiger partial charge < -0.3 is 19.8 Å². The number of rotatable bonds is 8. The summed E-state index contributed by atoms with van der Waals surface area (Å²) in [5.41, 5.74) is 0. The van der Waals surface area contributed by atoms with E-state index in [-0.39, 0.29) is 0 Å². The van der Waals surface area contributed by atoms with Gasteiger partial charge in [0.25, 0.3) is 0 Å². The van der Waals surface area contributed by atoms with Gasteiger partial charge in [0.15, 0.2) is 5.96 Å². The molecule has 0 aliphatic carbocycles. The number of aliphatic imine (C=N–C) groups is 1. The quantitative estimate of drug-likeness (QED) is 0.421. The summed E-state index contributed by atoms with van der Waals surface area (Å²) >= 11 is 0. The number of guanidine groups is 1. The Labute approximate surface area is 109 Å². The summed E-state index contributed by atoms with van der Waals surface area (Å²) in [6.07, 6.45) is 2.63. The zero-order chi connectivity index (χ0) is 13.1. The van der Waals surface area contributed by atoms with Gasteiger partial charge >= 0.3 is 0 Å². The topological polar surface area (TPSA) is 58.8 Å². The van der Waals surface area contributed by atoms with E-state index in [0.29, 0.717) is 6.54 Å². The van der Waals surface area contributed by atoms with Crippen molar-refractivity contribution in [2.45, 2.75) is 26.8 Å². The highest BCUT2D eigenvalue weighted by Gasteiger charge is 1.98. The molecule has 102 valence electrons. The first-order valence-electron chi connectivity index (χ1n) is 6.49. The van der Waals surface area contributed by atoms with Gasteiger partial charge in [-0.15, -0.1) is 0 Å². The summed E-state index contributed by atoms with van der Waals surface area (Å²) in [4.78, 5) is 4.43. The average molecular weight is 253 g/mol. The minimum Gasteiger partial charge on any atom is -0.467 e. The Hall–Kier alpha value is -1.49. The first-order chi connectivity index (χ1) is 8.86. The predicted octanol–water partition coefficient (Wildman–Crippen LogP) is 1.76. The molecule has 1 rings (SSSR count). The van der Waals surface area contributed by atoms with Crippen molar-refractivity contribution in [3.8, 4) is 0 Å². The summed E-state index contributed by atoms with van der Waals surface area (Å²) in [6, 6.07) is 3.79. The van der Waals surface area contributed by atoms with Crippen LogP contribution < -0.4 is 10.6 Å². The van der Waals surface area contributed by atoms with E-state index in [0.717, 1.165) is 44.4 Å². The molecule has 1 aromatic heterocycles. The highest BCUT2D eigenvalue weighted by Crippen LogP contribution is 2.00. The molecule has 18 heavy (non-hydrogen) atoms. The van der Waals surface area contributed by atoms with Gasteiger partial charge in [0.1, 0.15) is 12.3 Å². The third-order valence-electron chi connectivity index (χ3n) is 2.28. The van der Waals surface area contributed by atoms with Crippen molar-refractivity contribution in [1.29, 1.82) is 0 Å². The highest BCUT2D eigenvalue weighted by atomic mass is 16.5. The van der Waals surface area contributed by atoms with Crippen LogP contribution in [0.4, 0.5) is 0 Å². The van der Waals surface area contributed by atoms with E-state index in [1.54, 1.807) is 6.26 Å². The van der Waals surface area contributed by atoms with Crippen LogP contribution in [0, 0.1) is 0 Å². The third-order valence-corrected chi connectivity index (χ3v) is 2.28. The molecule has 0 unspecified atom stereocenters. The third kappa shape index (κ3) is 6.30. The minimum absolute atomic E-state index is 0.549. The number of ether oxygens (including phenoxy) is 1. The fourth-order valence-electron chi connectivity index (χ4n) is 1.43. The SMILES string of the molecule is CCNC(=NCc1ccco1)NCCCOCC. The van der Waals surface area contributed by atoms with Gasteiger partial charge in [-0.25, -0.2) is 4.99 Å². The highest BCUT2D eigenvalue weighted by molar-refractivity contribution is 5.79. The molecule has 0 atom stereocenters. The van der Waals surface area contributed by atoms with Crippen molar-refractivity contribution >= 4 is 5.96 Å². The molecule has 0 radical (unpaired) electrons. The molecule has 1 heterocycles. The van der Waals surface area contributed by atoms with Gasteiger partial charge in [-0.1, -0.05) is 0 Å². The molecule has 0 aliphatic rings. The Kier molecular flexibility index (Phi) is 7.72. The van der Waals surface area contributed by atoms with Crippen molar-refractivity contribution < 1.29 is 9.15 Å². The Morgan fingerprint density at radius 3 is 2.94 bits per heavy atom. The summed E-state index contributed by atoms with van der Waals surface area (Å²) in [5, 5.41) is 6.45. The molecule has 5 nitrogen and oxygen atoms in total. The molecular formula is C13H23N3O2. The fourth-order valence-corrected chi connectivity index (χ4v) is 1.43. The average Bonchev–Trinajstić information content (AvgIpc) is 2.88. The standard InChI is InChI=1S/C13H23N3O2/c1-3-14-13(15-8-6-9-17-4-2)16-11-12-7-5-10-18-12/h5,7,10H,3-4,6,8-9,11H2,1-2H3,(H2,14,15,16). The van der Waals surface area contributed by atoms with Crippen molar-refractivity contribution in [3.05, 3.63) is 24.2 Å². The van der Waals surface area contributed by atoms with Crippen LogP contribution in [0.1, 0.15) is 26.0 Å². The maximum absolute atomic E-state index is 5.28. The van der Waals surface area contributed by atoms with Crippen molar-refractivity contribution in [1.82, 2.24) is 10.6 Å². The lowest BCUT2D eigenvalue weighted by molar-refractivity contribution is 0.145. The Bertz CT molecular complexity index is 323. The molecule has 0 fully saturated rings. The molecule has 1 aromatic rings. The fraction of sp³-hybridized carbons (Fsp3) is 0.615. The molecule has 0 amide bonds. The first kappa shape index (κ1) is 14.6. The summed E-state index contributed by atoms with van der Waals surface area (Å²) < 4.78 is 10.5. The van der Waals surface area contributed by atoms with Crippen LogP contribution >= 0.6 is 0 Å². The smallest absolute Gasteiger partial charge is 0.191 e. The second kappa shape index (κ2) is 9.53. The number of hydrogen-bond acceptors (Lipinski definition) is 3. The predicted molar refractivity (Wildman–Crippen MR) is 72.6 cm³/mol. The van der Waals surface area contributed by atoms with Gasteiger partial charge in [0.05, 0.1) is 6.26 Å². The van der Waals surface area contributed by atoms with E-state index >= 15 is 0 Å². The Morgan fingerprint density at radius 2 is 2.28 bits per heavy atom. The zero-order valence-corrected chi connectivity index (χ0v) is 11.2. The maximum Gasteiger partial charge on any atom is 0.191 e. The normalized spacial score (nSPS) is 11.6. The molecule has 0 spiro atoms. The molecular weight excluding hydrogens is 230 g/mol.